The average molecular weight is 269 g/mol. The Kier molecular flexibility index (Phi) is 3.82. The third-order valence-electron chi connectivity index (χ3n) is 2.18. The predicted octanol–water partition coefficient (Wildman–Crippen LogP) is 3.97. The van der Waals surface area contributed by atoms with Crippen LogP contribution in [-0.2, 0) is 5.88 Å². The van der Waals surface area contributed by atoms with Gasteiger partial charge in [-0.25, -0.2) is 0 Å². The lowest BCUT2D eigenvalue weighted by molar-refractivity contribution is 0.451. The Labute approximate surface area is 109 Å². The van der Waals surface area contributed by atoms with Crippen LogP contribution in [0.1, 0.15) is 11.3 Å². The van der Waals surface area contributed by atoms with Crippen LogP contribution in [0.3, 0.4) is 0 Å². The third-order valence-corrected chi connectivity index (χ3v) is 2.69. The molecule has 0 aliphatic carbocycles. The third kappa shape index (κ3) is 3.08. The molecule has 5 heteroatoms. The first kappa shape index (κ1) is 12.1. The first-order valence-electron chi connectivity index (χ1n) is 5.01. The van der Waals surface area contributed by atoms with Crippen molar-refractivity contribution in [2.75, 3.05) is 0 Å². The summed E-state index contributed by atoms with van der Waals surface area (Å²) in [7, 11) is 0. The smallest absolute Gasteiger partial charge is 0.238 e. The normalized spacial score (nSPS) is 10.3. The first-order valence-corrected chi connectivity index (χ1v) is 5.93. The lowest BCUT2D eigenvalue weighted by atomic mass is 10.2. The second-order valence-corrected chi connectivity index (χ2v) is 4.21. The van der Waals surface area contributed by atoms with Crippen LogP contribution < -0.4 is 4.74 Å². The van der Waals surface area contributed by atoms with Gasteiger partial charge in [-0.3, -0.25) is 0 Å². The summed E-state index contributed by atoms with van der Waals surface area (Å²) in [6.45, 7) is 1.92. The second-order valence-electron chi connectivity index (χ2n) is 3.51. The van der Waals surface area contributed by atoms with E-state index in [1.165, 1.54) is 0 Å². The van der Waals surface area contributed by atoms with Crippen molar-refractivity contribution in [3.05, 3.63) is 46.6 Å². The Bertz CT molecular complexity index is 514. The van der Waals surface area contributed by atoms with Gasteiger partial charge in [-0.15, -0.1) is 16.7 Å². The molecule has 0 bridgehead atoms. The largest absolute Gasteiger partial charge is 0.437 e. The lowest BCUT2D eigenvalue weighted by Gasteiger charge is -2.07. The minimum absolute atomic E-state index is 0.341. The van der Waals surface area contributed by atoms with Crippen LogP contribution in [0.25, 0.3) is 0 Å². The number of benzene rings is 1. The Balaban J connectivity index is 2.19. The van der Waals surface area contributed by atoms with Crippen LogP contribution >= 0.6 is 23.2 Å². The van der Waals surface area contributed by atoms with Crippen molar-refractivity contribution in [1.82, 2.24) is 10.2 Å². The number of halogens is 2. The maximum Gasteiger partial charge on any atom is 0.238 e. The van der Waals surface area contributed by atoms with E-state index in [2.05, 4.69) is 10.2 Å². The molecule has 0 fully saturated rings. The molecule has 0 saturated heterocycles. The average Bonchev–Trinajstić information content (AvgIpc) is 2.34. The Morgan fingerprint density at radius 2 is 2.00 bits per heavy atom. The zero-order valence-corrected chi connectivity index (χ0v) is 10.7. The highest BCUT2D eigenvalue weighted by molar-refractivity contribution is 6.30. The predicted molar refractivity (Wildman–Crippen MR) is 67.9 cm³/mol. The summed E-state index contributed by atoms with van der Waals surface area (Å²) in [4.78, 5) is 0. The van der Waals surface area contributed by atoms with Crippen LogP contribution in [0.2, 0.25) is 5.02 Å². The molecule has 0 saturated carbocycles. The van der Waals surface area contributed by atoms with Gasteiger partial charge in [0, 0.05) is 11.1 Å². The van der Waals surface area contributed by atoms with Gasteiger partial charge >= 0.3 is 0 Å². The van der Waals surface area contributed by atoms with Gasteiger partial charge in [0.15, 0.2) is 0 Å². The van der Waals surface area contributed by atoms with Crippen LogP contribution in [-0.4, -0.2) is 10.2 Å². The van der Waals surface area contributed by atoms with E-state index in [0.29, 0.717) is 28.2 Å². The Morgan fingerprint density at radius 1 is 1.18 bits per heavy atom. The number of hydrogen-bond donors (Lipinski definition) is 0. The van der Waals surface area contributed by atoms with Crippen molar-refractivity contribution < 1.29 is 4.74 Å². The molecule has 0 amide bonds. The number of aromatic nitrogens is 2. The van der Waals surface area contributed by atoms with E-state index in [1.54, 1.807) is 24.3 Å². The van der Waals surface area contributed by atoms with E-state index in [9.17, 15) is 0 Å². The van der Waals surface area contributed by atoms with E-state index in [-0.39, 0.29) is 0 Å². The fourth-order valence-electron chi connectivity index (χ4n) is 1.31. The zero-order valence-electron chi connectivity index (χ0n) is 9.15. The standard InChI is InChI=1S/C12H10Cl2N2O/c1-8-6-9(14)2-4-11(8)17-12-5-3-10(7-13)15-16-12/h2-6H,7H2,1H3. The molecule has 1 aromatic carbocycles. The molecule has 0 aliphatic rings. The number of alkyl halides is 1. The molecule has 2 rings (SSSR count). The summed E-state index contributed by atoms with van der Waals surface area (Å²) >= 11 is 11.5. The fourth-order valence-corrected chi connectivity index (χ4v) is 1.68. The van der Waals surface area contributed by atoms with Gasteiger partial charge in [-0.2, -0.15) is 5.10 Å². The number of aryl methyl sites for hydroxylation is 1. The Hall–Kier alpha value is -1.32. The molecular formula is C12H10Cl2N2O. The molecule has 3 nitrogen and oxygen atoms in total. The van der Waals surface area contributed by atoms with Crippen molar-refractivity contribution >= 4 is 23.2 Å². The van der Waals surface area contributed by atoms with E-state index in [0.717, 1.165) is 5.56 Å². The molecule has 0 aliphatic heterocycles. The van der Waals surface area contributed by atoms with Crippen molar-refractivity contribution in [1.29, 1.82) is 0 Å². The summed E-state index contributed by atoms with van der Waals surface area (Å²) in [6.07, 6.45) is 0. The molecule has 17 heavy (non-hydrogen) atoms. The van der Waals surface area contributed by atoms with Crippen molar-refractivity contribution in [3.63, 3.8) is 0 Å². The highest BCUT2D eigenvalue weighted by Gasteiger charge is 2.03. The molecule has 1 aromatic heterocycles. The summed E-state index contributed by atoms with van der Waals surface area (Å²) < 4.78 is 5.59. The lowest BCUT2D eigenvalue weighted by Crippen LogP contribution is -1.94. The van der Waals surface area contributed by atoms with Gasteiger partial charge in [0.2, 0.25) is 5.88 Å². The van der Waals surface area contributed by atoms with Gasteiger partial charge < -0.3 is 4.74 Å². The Morgan fingerprint density at radius 3 is 2.59 bits per heavy atom. The van der Waals surface area contributed by atoms with Crippen molar-refractivity contribution in [2.45, 2.75) is 12.8 Å². The van der Waals surface area contributed by atoms with E-state index >= 15 is 0 Å². The molecular weight excluding hydrogens is 259 g/mol. The summed E-state index contributed by atoms with van der Waals surface area (Å²) in [5, 5.41) is 8.51. The van der Waals surface area contributed by atoms with E-state index < -0.39 is 0 Å². The molecule has 0 spiro atoms. The van der Waals surface area contributed by atoms with Gasteiger partial charge in [0.05, 0.1) is 11.6 Å². The number of hydrogen-bond acceptors (Lipinski definition) is 3. The fraction of sp³-hybridized carbons (Fsp3) is 0.167. The molecule has 2 aromatic rings. The highest BCUT2D eigenvalue weighted by atomic mass is 35.5. The monoisotopic (exact) mass is 268 g/mol. The molecule has 0 radical (unpaired) electrons. The molecule has 1 heterocycles. The SMILES string of the molecule is Cc1cc(Cl)ccc1Oc1ccc(CCl)nn1. The second kappa shape index (κ2) is 5.34. The van der Waals surface area contributed by atoms with Crippen LogP contribution in [0.4, 0.5) is 0 Å². The summed E-state index contributed by atoms with van der Waals surface area (Å²) in [5.74, 6) is 1.49. The van der Waals surface area contributed by atoms with Crippen LogP contribution in [0.5, 0.6) is 11.6 Å². The zero-order chi connectivity index (χ0) is 12.3. The summed E-state index contributed by atoms with van der Waals surface area (Å²) in [6, 6.07) is 8.91. The van der Waals surface area contributed by atoms with Crippen LogP contribution in [0, 0.1) is 6.92 Å². The van der Waals surface area contributed by atoms with Gasteiger partial charge in [0.1, 0.15) is 5.75 Å². The minimum atomic E-state index is 0.341. The minimum Gasteiger partial charge on any atom is -0.437 e. The maximum atomic E-state index is 5.86. The van der Waals surface area contributed by atoms with Gasteiger partial charge in [-0.05, 0) is 36.8 Å². The topological polar surface area (TPSA) is 35.0 Å². The van der Waals surface area contributed by atoms with Crippen molar-refractivity contribution in [3.8, 4) is 11.6 Å². The van der Waals surface area contributed by atoms with E-state index in [1.807, 2.05) is 13.0 Å². The van der Waals surface area contributed by atoms with Gasteiger partial charge in [-0.1, -0.05) is 11.6 Å². The molecule has 0 unspecified atom stereocenters. The number of rotatable bonds is 3. The number of ether oxygens (including phenoxy) is 1. The van der Waals surface area contributed by atoms with Crippen molar-refractivity contribution in [2.24, 2.45) is 0 Å². The van der Waals surface area contributed by atoms with E-state index in [4.69, 9.17) is 27.9 Å². The highest BCUT2D eigenvalue weighted by Crippen LogP contribution is 2.25. The molecule has 0 atom stereocenters. The van der Waals surface area contributed by atoms with Crippen LogP contribution in [0.15, 0.2) is 30.3 Å². The quantitative estimate of drug-likeness (QED) is 0.791. The molecule has 88 valence electrons. The summed E-state index contributed by atoms with van der Waals surface area (Å²) in [5.41, 5.74) is 1.66. The first-order chi connectivity index (χ1) is 8.19. The number of nitrogens with zero attached hydrogens (tertiary/aromatic N) is 2. The van der Waals surface area contributed by atoms with Gasteiger partial charge in [0.25, 0.3) is 0 Å². The molecule has 0 N–H and O–H groups in total. The maximum absolute atomic E-state index is 5.86.